The van der Waals surface area contributed by atoms with Crippen LogP contribution in [0, 0.1) is 10.1 Å². The Bertz CT molecular complexity index is 935. The monoisotopic (exact) mass is 338 g/mol. The van der Waals surface area contributed by atoms with Crippen molar-refractivity contribution in [2.75, 3.05) is 7.05 Å². The minimum atomic E-state index is -0.436. The van der Waals surface area contributed by atoms with E-state index in [-0.39, 0.29) is 24.1 Å². The quantitative estimate of drug-likeness (QED) is 0.571. The molecule has 1 amide bonds. The molecular formula is C18H18N4O3. The van der Waals surface area contributed by atoms with Crippen molar-refractivity contribution in [1.29, 1.82) is 0 Å². The standard InChI is InChI=1S/C18H18N4O3/c1-12(13-6-5-7-14(10-13)22(24)25)21(2)18(23)11-17-15-8-3-4-9-16(15)19-20-17/h3-10,12H,11H2,1-2H3,(H,19,20). The maximum atomic E-state index is 12.6. The molecule has 0 aliphatic carbocycles. The van der Waals surface area contributed by atoms with Crippen LogP contribution in [-0.2, 0) is 11.2 Å². The van der Waals surface area contributed by atoms with Crippen LogP contribution in [0.2, 0.25) is 0 Å². The molecule has 0 spiro atoms. The first kappa shape index (κ1) is 16.6. The van der Waals surface area contributed by atoms with E-state index in [1.165, 1.54) is 12.1 Å². The number of rotatable bonds is 5. The Morgan fingerprint density at radius 1 is 1.28 bits per heavy atom. The molecule has 0 bridgehead atoms. The Morgan fingerprint density at radius 2 is 2.04 bits per heavy atom. The average molecular weight is 338 g/mol. The van der Waals surface area contributed by atoms with E-state index >= 15 is 0 Å². The number of benzene rings is 2. The first-order valence-electron chi connectivity index (χ1n) is 7.89. The van der Waals surface area contributed by atoms with Gasteiger partial charge in [-0.3, -0.25) is 20.0 Å². The van der Waals surface area contributed by atoms with Gasteiger partial charge in [-0.15, -0.1) is 0 Å². The maximum absolute atomic E-state index is 12.6. The predicted octanol–water partition coefficient (Wildman–Crippen LogP) is 3.23. The number of nitrogens with zero attached hydrogens (tertiary/aromatic N) is 3. The molecule has 0 fully saturated rings. The fraction of sp³-hybridized carbons (Fsp3) is 0.222. The highest BCUT2D eigenvalue weighted by Crippen LogP contribution is 2.24. The van der Waals surface area contributed by atoms with Gasteiger partial charge in [0.15, 0.2) is 0 Å². The molecule has 1 aromatic heterocycles. The minimum Gasteiger partial charge on any atom is -0.339 e. The van der Waals surface area contributed by atoms with Gasteiger partial charge in [-0.05, 0) is 18.6 Å². The molecule has 0 aliphatic rings. The van der Waals surface area contributed by atoms with Crippen LogP contribution in [0.3, 0.4) is 0 Å². The lowest BCUT2D eigenvalue weighted by Gasteiger charge is -2.25. The molecular weight excluding hydrogens is 320 g/mol. The lowest BCUT2D eigenvalue weighted by Crippen LogP contribution is -2.31. The molecule has 3 rings (SSSR count). The fourth-order valence-corrected chi connectivity index (χ4v) is 2.76. The number of nitrogens with one attached hydrogen (secondary N) is 1. The molecule has 1 heterocycles. The highest BCUT2D eigenvalue weighted by molar-refractivity contribution is 5.87. The van der Waals surface area contributed by atoms with Crippen LogP contribution >= 0.6 is 0 Å². The number of fused-ring (bicyclic) bond motifs is 1. The third kappa shape index (κ3) is 3.35. The molecule has 0 aliphatic heterocycles. The van der Waals surface area contributed by atoms with Crippen molar-refractivity contribution >= 4 is 22.5 Å². The molecule has 128 valence electrons. The number of aromatic amines is 1. The summed E-state index contributed by atoms with van der Waals surface area (Å²) in [6, 6.07) is 13.7. The second-order valence-electron chi connectivity index (χ2n) is 5.93. The van der Waals surface area contributed by atoms with Gasteiger partial charge in [0.05, 0.1) is 28.6 Å². The molecule has 1 N–H and O–H groups in total. The first-order chi connectivity index (χ1) is 12.0. The first-order valence-corrected chi connectivity index (χ1v) is 7.89. The Hall–Kier alpha value is -3.22. The van der Waals surface area contributed by atoms with E-state index in [4.69, 9.17) is 0 Å². The van der Waals surface area contributed by atoms with Crippen LogP contribution < -0.4 is 0 Å². The van der Waals surface area contributed by atoms with Gasteiger partial charge in [-0.25, -0.2) is 0 Å². The number of carbonyl (C=O) groups is 1. The second-order valence-corrected chi connectivity index (χ2v) is 5.93. The Balaban J connectivity index is 1.77. The SMILES string of the molecule is CC(c1cccc([N+](=O)[O-])c1)N(C)C(=O)Cc1[nH]nc2ccccc12. The number of non-ortho nitro benzene ring substituents is 1. The van der Waals surface area contributed by atoms with E-state index in [1.807, 2.05) is 31.2 Å². The number of nitro benzene ring substituents is 1. The van der Waals surface area contributed by atoms with Crippen molar-refractivity contribution in [3.8, 4) is 0 Å². The van der Waals surface area contributed by atoms with E-state index in [0.717, 1.165) is 22.2 Å². The van der Waals surface area contributed by atoms with Gasteiger partial charge in [-0.1, -0.05) is 30.3 Å². The topological polar surface area (TPSA) is 92.1 Å². The largest absolute Gasteiger partial charge is 0.339 e. The molecule has 3 aromatic rings. The summed E-state index contributed by atoms with van der Waals surface area (Å²) in [5, 5.41) is 19.0. The van der Waals surface area contributed by atoms with Gasteiger partial charge in [0.1, 0.15) is 0 Å². The van der Waals surface area contributed by atoms with Gasteiger partial charge < -0.3 is 4.90 Å². The van der Waals surface area contributed by atoms with Crippen LogP contribution in [0.25, 0.3) is 10.9 Å². The molecule has 2 aromatic carbocycles. The number of para-hydroxylation sites is 1. The number of H-pyrrole nitrogens is 1. The summed E-state index contributed by atoms with van der Waals surface area (Å²) in [5.74, 6) is -0.0894. The highest BCUT2D eigenvalue weighted by atomic mass is 16.6. The van der Waals surface area contributed by atoms with Crippen molar-refractivity contribution in [1.82, 2.24) is 15.1 Å². The van der Waals surface area contributed by atoms with Crippen LogP contribution in [0.4, 0.5) is 5.69 Å². The number of hydrogen-bond acceptors (Lipinski definition) is 4. The summed E-state index contributed by atoms with van der Waals surface area (Å²) in [4.78, 5) is 24.7. The van der Waals surface area contributed by atoms with Crippen LogP contribution in [0.5, 0.6) is 0 Å². The van der Waals surface area contributed by atoms with Crippen molar-refractivity contribution in [3.05, 3.63) is 69.9 Å². The van der Waals surface area contributed by atoms with Gasteiger partial charge in [-0.2, -0.15) is 5.10 Å². The number of likely N-dealkylation sites (N-methyl/N-ethyl adjacent to an activating group) is 1. The summed E-state index contributed by atoms with van der Waals surface area (Å²) in [6.45, 7) is 1.85. The molecule has 0 saturated heterocycles. The van der Waals surface area contributed by atoms with Crippen molar-refractivity contribution in [2.45, 2.75) is 19.4 Å². The Kier molecular flexibility index (Phi) is 4.47. The predicted molar refractivity (Wildman–Crippen MR) is 94.1 cm³/mol. The summed E-state index contributed by atoms with van der Waals surface area (Å²) in [7, 11) is 1.70. The highest BCUT2D eigenvalue weighted by Gasteiger charge is 2.20. The fourth-order valence-electron chi connectivity index (χ4n) is 2.76. The molecule has 0 radical (unpaired) electrons. The van der Waals surface area contributed by atoms with E-state index in [2.05, 4.69) is 10.2 Å². The molecule has 1 atom stereocenters. The molecule has 25 heavy (non-hydrogen) atoms. The molecule has 7 nitrogen and oxygen atoms in total. The molecule has 1 unspecified atom stereocenters. The van der Waals surface area contributed by atoms with Gasteiger partial charge in [0, 0.05) is 24.6 Å². The Labute approximate surface area is 144 Å². The van der Waals surface area contributed by atoms with Crippen LogP contribution in [-0.4, -0.2) is 33.0 Å². The zero-order chi connectivity index (χ0) is 18.0. The summed E-state index contributed by atoms with van der Waals surface area (Å²) < 4.78 is 0. The summed E-state index contributed by atoms with van der Waals surface area (Å²) in [6.07, 6.45) is 0.191. The van der Waals surface area contributed by atoms with Gasteiger partial charge in [0.25, 0.3) is 5.69 Å². The van der Waals surface area contributed by atoms with Gasteiger partial charge in [0.2, 0.25) is 5.91 Å². The number of amides is 1. The number of carbonyl (C=O) groups excluding carboxylic acids is 1. The van der Waals surface area contributed by atoms with Crippen molar-refractivity contribution < 1.29 is 9.72 Å². The van der Waals surface area contributed by atoms with E-state index in [9.17, 15) is 14.9 Å². The van der Waals surface area contributed by atoms with Gasteiger partial charge >= 0.3 is 0 Å². The molecule has 0 saturated carbocycles. The zero-order valence-electron chi connectivity index (χ0n) is 14.0. The lowest BCUT2D eigenvalue weighted by atomic mass is 10.1. The lowest BCUT2D eigenvalue weighted by molar-refractivity contribution is -0.384. The maximum Gasteiger partial charge on any atom is 0.269 e. The van der Waals surface area contributed by atoms with E-state index in [0.29, 0.717) is 0 Å². The summed E-state index contributed by atoms with van der Waals surface area (Å²) in [5.41, 5.74) is 2.32. The second kappa shape index (κ2) is 6.72. The van der Waals surface area contributed by atoms with Crippen molar-refractivity contribution in [2.24, 2.45) is 0 Å². The third-order valence-corrected chi connectivity index (χ3v) is 4.41. The van der Waals surface area contributed by atoms with Crippen molar-refractivity contribution in [3.63, 3.8) is 0 Å². The van der Waals surface area contributed by atoms with Crippen LogP contribution in [0.15, 0.2) is 48.5 Å². The normalized spacial score (nSPS) is 12.1. The van der Waals surface area contributed by atoms with E-state index < -0.39 is 4.92 Å². The number of nitro groups is 1. The summed E-state index contributed by atoms with van der Waals surface area (Å²) >= 11 is 0. The smallest absolute Gasteiger partial charge is 0.269 e. The Morgan fingerprint density at radius 3 is 2.80 bits per heavy atom. The van der Waals surface area contributed by atoms with Crippen LogP contribution in [0.1, 0.15) is 24.2 Å². The molecule has 7 heteroatoms. The average Bonchev–Trinajstić information content (AvgIpc) is 3.03. The zero-order valence-corrected chi connectivity index (χ0v) is 14.0. The minimum absolute atomic E-state index is 0.0183. The number of aromatic nitrogens is 2. The third-order valence-electron chi connectivity index (χ3n) is 4.41. The number of hydrogen-bond donors (Lipinski definition) is 1. The van der Waals surface area contributed by atoms with E-state index in [1.54, 1.807) is 24.1 Å².